The molecule has 0 spiro atoms. The molecule has 0 heterocycles. The van der Waals surface area contributed by atoms with Gasteiger partial charge in [0.1, 0.15) is 12.2 Å². The number of rotatable bonds is 8. The molecular weight excluding hydrogens is 424 g/mol. The second-order valence-electron chi connectivity index (χ2n) is 12.4. The van der Waals surface area contributed by atoms with E-state index in [0.29, 0.717) is 11.8 Å². The Morgan fingerprint density at radius 3 is 1.25 bits per heavy atom. The summed E-state index contributed by atoms with van der Waals surface area (Å²) < 4.78 is 13.7. The van der Waals surface area contributed by atoms with Gasteiger partial charge in [0, 0.05) is 12.8 Å². The van der Waals surface area contributed by atoms with E-state index in [1.807, 2.05) is 0 Å². The maximum atomic E-state index is 6.87. The SMILES string of the molecule is CC(C)C(C)(C)[Si](C)(C)OC1C#CCCCCC#CC(O[Si](C)(C)C(C)(C)C(C)C)CC1. The number of hydrogen-bond acceptors (Lipinski definition) is 2. The van der Waals surface area contributed by atoms with E-state index < -0.39 is 16.6 Å². The maximum absolute atomic E-state index is 6.87. The molecule has 0 saturated carbocycles. The van der Waals surface area contributed by atoms with Crippen LogP contribution in [0.25, 0.3) is 0 Å². The summed E-state index contributed by atoms with van der Waals surface area (Å²) in [5.74, 6) is 15.0. The van der Waals surface area contributed by atoms with E-state index >= 15 is 0 Å². The molecular formula is C28H52O2Si2. The van der Waals surface area contributed by atoms with Crippen molar-refractivity contribution in [2.75, 3.05) is 0 Å². The molecule has 32 heavy (non-hydrogen) atoms. The van der Waals surface area contributed by atoms with Gasteiger partial charge in [-0.3, -0.25) is 0 Å². The Morgan fingerprint density at radius 1 is 0.656 bits per heavy atom. The van der Waals surface area contributed by atoms with Crippen LogP contribution < -0.4 is 0 Å². The van der Waals surface area contributed by atoms with Crippen molar-refractivity contribution in [3.63, 3.8) is 0 Å². The standard InChI is InChI=1S/C28H52O2Si2/c1-23(2)27(5,6)31(9,10)29-25-19-17-15-13-14-16-18-20-26(22-21-25)30-32(11,12)28(7,8)24(3)4/h23-26H,13-16,21-22H2,1-12H3. The molecule has 4 heteroatoms. The molecule has 0 fully saturated rings. The average Bonchev–Trinajstić information content (AvgIpc) is 2.65. The lowest BCUT2D eigenvalue weighted by Crippen LogP contribution is -2.48. The third kappa shape index (κ3) is 7.77. The summed E-state index contributed by atoms with van der Waals surface area (Å²) >= 11 is 0. The van der Waals surface area contributed by atoms with Crippen LogP contribution >= 0.6 is 0 Å². The molecule has 1 rings (SSSR count). The van der Waals surface area contributed by atoms with Gasteiger partial charge in [-0.1, -0.05) is 67.2 Å². The normalized spacial score (nSPS) is 21.8. The Bertz CT molecular complexity index is 649. The fourth-order valence-corrected chi connectivity index (χ4v) is 8.99. The minimum Gasteiger partial charge on any atom is -0.403 e. The van der Waals surface area contributed by atoms with Crippen LogP contribution in [0.2, 0.25) is 36.3 Å². The molecule has 0 aromatic heterocycles. The van der Waals surface area contributed by atoms with Crippen molar-refractivity contribution >= 4 is 16.6 Å². The minimum atomic E-state index is -1.96. The molecule has 0 bridgehead atoms. The number of hydrogen-bond donors (Lipinski definition) is 0. The maximum Gasteiger partial charge on any atom is 0.194 e. The van der Waals surface area contributed by atoms with Crippen molar-refractivity contribution in [3.8, 4) is 23.7 Å². The highest BCUT2D eigenvalue weighted by Gasteiger charge is 2.46. The van der Waals surface area contributed by atoms with Crippen LogP contribution in [-0.2, 0) is 8.85 Å². The molecule has 0 aromatic carbocycles. The molecule has 1 aliphatic carbocycles. The lowest BCUT2D eigenvalue weighted by atomic mass is 9.99. The van der Waals surface area contributed by atoms with Gasteiger partial charge in [-0.25, -0.2) is 0 Å². The lowest BCUT2D eigenvalue weighted by molar-refractivity contribution is 0.169. The van der Waals surface area contributed by atoms with Crippen LogP contribution in [0.15, 0.2) is 0 Å². The molecule has 2 unspecified atom stereocenters. The summed E-state index contributed by atoms with van der Waals surface area (Å²) in [5.41, 5.74) is 0. The predicted octanol–water partition coefficient (Wildman–Crippen LogP) is 8.40. The monoisotopic (exact) mass is 476 g/mol. The molecule has 184 valence electrons. The molecule has 0 radical (unpaired) electrons. The van der Waals surface area contributed by atoms with Gasteiger partial charge in [0.25, 0.3) is 0 Å². The zero-order valence-corrected chi connectivity index (χ0v) is 25.4. The van der Waals surface area contributed by atoms with E-state index in [2.05, 4.69) is 105 Å². The fourth-order valence-electron chi connectivity index (χ4n) is 3.83. The summed E-state index contributed by atoms with van der Waals surface area (Å²) in [4.78, 5) is 0. The smallest absolute Gasteiger partial charge is 0.194 e. The van der Waals surface area contributed by atoms with E-state index in [4.69, 9.17) is 8.85 Å². The second-order valence-corrected chi connectivity index (χ2v) is 21.5. The first-order valence-corrected chi connectivity index (χ1v) is 18.7. The highest BCUT2D eigenvalue weighted by Crippen LogP contribution is 2.46. The second kappa shape index (κ2) is 11.7. The Hall–Kier alpha value is -0.526. The van der Waals surface area contributed by atoms with E-state index in [1.165, 1.54) is 0 Å². The van der Waals surface area contributed by atoms with E-state index in [9.17, 15) is 0 Å². The van der Waals surface area contributed by atoms with E-state index in [-0.39, 0.29) is 22.3 Å². The van der Waals surface area contributed by atoms with E-state index in [0.717, 1.165) is 38.5 Å². The topological polar surface area (TPSA) is 18.5 Å². The van der Waals surface area contributed by atoms with Gasteiger partial charge < -0.3 is 8.85 Å². The summed E-state index contributed by atoms with van der Waals surface area (Å²) in [5, 5.41) is 0.370. The highest BCUT2D eigenvalue weighted by atomic mass is 28.4. The zero-order valence-electron chi connectivity index (χ0n) is 23.4. The Kier molecular flexibility index (Phi) is 10.8. The van der Waals surface area contributed by atoms with Gasteiger partial charge in [-0.15, -0.1) is 11.8 Å². The van der Waals surface area contributed by atoms with Gasteiger partial charge in [0.05, 0.1) is 0 Å². The molecule has 2 nitrogen and oxygen atoms in total. The van der Waals surface area contributed by atoms with Crippen molar-refractivity contribution < 1.29 is 8.85 Å². The molecule has 0 N–H and O–H groups in total. The highest BCUT2D eigenvalue weighted by molar-refractivity contribution is 6.74. The van der Waals surface area contributed by atoms with Crippen molar-refractivity contribution in [3.05, 3.63) is 0 Å². The lowest BCUT2D eigenvalue weighted by Gasteiger charge is -2.44. The molecule has 1 aliphatic rings. The van der Waals surface area contributed by atoms with Gasteiger partial charge in [-0.2, -0.15) is 0 Å². The van der Waals surface area contributed by atoms with Gasteiger partial charge >= 0.3 is 0 Å². The molecule has 0 aromatic rings. The quantitative estimate of drug-likeness (QED) is 0.258. The Balaban J connectivity index is 3.09. The van der Waals surface area contributed by atoms with Gasteiger partial charge in [0.2, 0.25) is 0 Å². The van der Waals surface area contributed by atoms with Crippen LogP contribution in [-0.4, -0.2) is 28.8 Å². The third-order valence-electron chi connectivity index (χ3n) is 8.93. The Morgan fingerprint density at radius 2 is 0.969 bits per heavy atom. The first-order chi connectivity index (χ1) is 14.5. The summed E-state index contributed by atoms with van der Waals surface area (Å²) in [7, 11) is -3.91. The van der Waals surface area contributed by atoms with E-state index in [1.54, 1.807) is 0 Å². The van der Waals surface area contributed by atoms with Crippen LogP contribution in [0.4, 0.5) is 0 Å². The summed E-state index contributed by atoms with van der Waals surface area (Å²) in [6, 6.07) is 0. The first kappa shape index (κ1) is 29.5. The van der Waals surface area contributed by atoms with Crippen molar-refractivity contribution in [2.45, 2.75) is 142 Å². The third-order valence-corrected chi connectivity index (χ3v) is 18.0. The van der Waals surface area contributed by atoms with Crippen molar-refractivity contribution in [1.82, 2.24) is 0 Å². The minimum absolute atomic E-state index is 0.0232. The van der Waals surface area contributed by atoms with Crippen LogP contribution in [0.5, 0.6) is 0 Å². The molecule has 0 saturated heterocycles. The van der Waals surface area contributed by atoms with Crippen molar-refractivity contribution in [1.29, 1.82) is 0 Å². The Labute approximate surface area is 203 Å². The predicted molar refractivity (Wildman–Crippen MR) is 146 cm³/mol. The average molecular weight is 477 g/mol. The van der Waals surface area contributed by atoms with Crippen LogP contribution in [0.3, 0.4) is 0 Å². The van der Waals surface area contributed by atoms with Crippen molar-refractivity contribution in [2.24, 2.45) is 11.8 Å². The van der Waals surface area contributed by atoms with Gasteiger partial charge in [-0.05, 0) is 73.8 Å². The van der Waals surface area contributed by atoms with Crippen LogP contribution in [0, 0.1) is 35.5 Å². The summed E-state index contributed by atoms with van der Waals surface area (Å²) in [6.45, 7) is 28.2. The molecule has 2 atom stereocenters. The fraction of sp³-hybridized carbons (Fsp3) is 0.857. The first-order valence-electron chi connectivity index (χ1n) is 12.9. The van der Waals surface area contributed by atoms with Crippen LogP contribution in [0.1, 0.15) is 93.9 Å². The molecule has 0 amide bonds. The summed E-state index contributed by atoms with van der Waals surface area (Å²) in [6.07, 6.45) is 5.85. The largest absolute Gasteiger partial charge is 0.403 e. The molecule has 0 aliphatic heterocycles. The van der Waals surface area contributed by atoms with Gasteiger partial charge in [0.15, 0.2) is 16.6 Å². The zero-order chi connectivity index (χ0) is 24.8.